The Labute approximate surface area is 269 Å². The predicted octanol–water partition coefficient (Wildman–Crippen LogP) is 10.3. The van der Waals surface area contributed by atoms with Gasteiger partial charge in [0.25, 0.3) is 0 Å². The molecule has 5 heteroatoms. The maximum atomic E-state index is 5.16. The van der Waals surface area contributed by atoms with Gasteiger partial charge in [-0.1, -0.05) is 91.0 Å². The summed E-state index contributed by atoms with van der Waals surface area (Å²) in [4.78, 5) is 19.7. The minimum absolute atomic E-state index is 0.793. The van der Waals surface area contributed by atoms with E-state index >= 15 is 0 Å². The summed E-state index contributed by atoms with van der Waals surface area (Å²) in [6.07, 6.45) is 3.75. The zero-order valence-corrected chi connectivity index (χ0v) is 25.2. The summed E-state index contributed by atoms with van der Waals surface area (Å²) >= 11 is 0. The molecule has 0 aliphatic carbocycles. The molecule has 10 aromatic rings. The van der Waals surface area contributed by atoms with Gasteiger partial charge in [0.1, 0.15) is 5.82 Å². The van der Waals surface area contributed by atoms with Crippen molar-refractivity contribution in [1.82, 2.24) is 24.5 Å². The lowest BCUT2D eigenvalue weighted by Crippen LogP contribution is -1.99. The monoisotopic (exact) mass is 599 g/mol. The van der Waals surface area contributed by atoms with E-state index in [1.54, 1.807) is 0 Å². The molecule has 5 aromatic carbocycles. The first-order valence-corrected chi connectivity index (χ1v) is 15.7. The minimum Gasteiger partial charge on any atom is -0.294 e. The molecule has 10 rings (SSSR count). The van der Waals surface area contributed by atoms with Crippen molar-refractivity contribution >= 4 is 54.1 Å². The highest BCUT2D eigenvalue weighted by Gasteiger charge is 2.16. The van der Waals surface area contributed by atoms with Gasteiger partial charge < -0.3 is 0 Å². The van der Waals surface area contributed by atoms with Gasteiger partial charge in [-0.15, -0.1) is 0 Å². The second kappa shape index (κ2) is 10.0. The summed E-state index contributed by atoms with van der Waals surface area (Å²) in [6, 6.07) is 48.6. The van der Waals surface area contributed by atoms with Gasteiger partial charge in [0.15, 0.2) is 0 Å². The number of rotatable bonds is 4. The molecule has 0 N–H and O–H groups in total. The van der Waals surface area contributed by atoms with Crippen molar-refractivity contribution in [2.75, 3.05) is 0 Å². The topological polar surface area (TPSA) is 56.5 Å². The molecule has 218 valence electrons. The standard InChI is InChI=1S/C42H25N5/c1-2-15-38-30(9-1)32-25-43-24-23-39(32)47(38)40-16-6-14-37(46-40)36-13-5-12-35(45-36)34-11-4-10-33(44-34)29-21-19-28-18-17-26-7-3-8-27-20-22-31(29)42(28)41(26)27/h1-25H. The highest BCUT2D eigenvalue weighted by atomic mass is 15.1. The van der Waals surface area contributed by atoms with E-state index in [4.69, 9.17) is 15.0 Å². The van der Waals surface area contributed by atoms with Crippen molar-refractivity contribution in [2.45, 2.75) is 0 Å². The number of fused-ring (bicyclic) bond motifs is 3. The van der Waals surface area contributed by atoms with E-state index in [9.17, 15) is 0 Å². The second-order valence-electron chi connectivity index (χ2n) is 11.9. The van der Waals surface area contributed by atoms with Crippen molar-refractivity contribution in [3.63, 3.8) is 0 Å². The Bertz CT molecular complexity index is 2740. The van der Waals surface area contributed by atoms with E-state index in [1.165, 1.54) is 32.3 Å². The molecule has 5 aromatic heterocycles. The molecule has 0 saturated carbocycles. The lowest BCUT2D eigenvalue weighted by Gasteiger charge is -2.14. The summed E-state index contributed by atoms with van der Waals surface area (Å²) < 4.78 is 2.20. The summed E-state index contributed by atoms with van der Waals surface area (Å²) in [6.45, 7) is 0. The van der Waals surface area contributed by atoms with Crippen LogP contribution in [0, 0.1) is 0 Å². The van der Waals surface area contributed by atoms with Gasteiger partial charge in [0.2, 0.25) is 0 Å². The molecule has 47 heavy (non-hydrogen) atoms. The molecule has 0 aliphatic heterocycles. The van der Waals surface area contributed by atoms with Gasteiger partial charge in [0, 0.05) is 28.7 Å². The average molecular weight is 600 g/mol. The van der Waals surface area contributed by atoms with Crippen LogP contribution in [0.15, 0.2) is 152 Å². The number of hydrogen-bond donors (Lipinski definition) is 0. The molecule has 0 bridgehead atoms. The first kappa shape index (κ1) is 25.8. The molecule has 0 atom stereocenters. The molecule has 0 unspecified atom stereocenters. The average Bonchev–Trinajstić information content (AvgIpc) is 3.48. The maximum Gasteiger partial charge on any atom is 0.138 e. The quantitative estimate of drug-likeness (QED) is 0.189. The van der Waals surface area contributed by atoms with Gasteiger partial charge >= 0.3 is 0 Å². The molecular weight excluding hydrogens is 574 g/mol. The molecular formula is C42H25N5. The summed E-state index contributed by atoms with van der Waals surface area (Å²) in [5, 5.41) is 9.82. The smallest absolute Gasteiger partial charge is 0.138 e. The van der Waals surface area contributed by atoms with Crippen molar-refractivity contribution < 1.29 is 0 Å². The molecule has 0 fully saturated rings. The predicted molar refractivity (Wildman–Crippen MR) is 192 cm³/mol. The van der Waals surface area contributed by atoms with E-state index < -0.39 is 0 Å². The summed E-state index contributed by atoms with van der Waals surface area (Å²) in [7, 11) is 0. The van der Waals surface area contributed by atoms with Crippen LogP contribution in [0.1, 0.15) is 0 Å². The number of pyridine rings is 4. The third-order valence-corrected chi connectivity index (χ3v) is 9.27. The Hall–Kier alpha value is -6.46. The van der Waals surface area contributed by atoms with E-state index in [0.717, 1.165) is 61.7 Å². The van der Waals surface area contributed by atoms with Crippen LogP contribution in [0.25, 0.3) is 94.0 Å². The minimum atomic E-state index is 0.793. The Morgan fingerprint density at radius 3 is 1.79 bits per heavy atom. The van der Waals surface area contributed by atoms with Gasteiger partial charge in [-0.2, -0.15) is 0 Å². The fourth-order valence-electron chi connectivity index (χ4n) is 7.16. The van der Waals surface area contributed by atoms with Crippen LogP contribution >= 0.6 is 0 Å². The molecule has 5 nitrogen and oxygen atoms in total. The Morgan fingerprint density at radius 1 is 0.383 bits per heavy atom. The zero-order chi connectivity index (χ0) is 30.9. The number of nitrogens with zero attached hydrogens (tertiary/aromatic N) is 5. The second-order valence-corrected chi connectivity index (χ2v) is 11.9. The highest BCUT2D eigenvalue weighted by molar-refractivity contribution is 6.25. The third kappa shape index (κ3) is 3.97. The van der Waals surface area contributed by atoms with Crippen LogP contribution in [0.4, 0.5) is 0 Å². The SMILES string of the molecule is c1cc(-c2cccc(-c3ccc4ccc5cccc6ccc3c4c56)n2)nc(-c2cccc(-n3c4ccccc4c4cnccc43)n2)c1. The van der Waals surface area contributed by atoms with Gasteiger partial charge in [-0.3, -0.25) is 9.55 Å². The first-order valence-electron chi connectivity index (χ1n) is 15.7. The molecule has 0 aliphatic rings. The fourth-order valence-corrected chi connectivity index (χ4v) is 7.16. The number of benzene rings is 5. The van der Waals surface area contributed by atoms with Crippen LogP contribution in [0.2, 0.25) is 0 Å². The normalized spacial score (nSPS) is 11.8. The number of aromatic nitrogens is 5. The largest absolute Gasteiger partial charge is 0.294 e. The molecule has 0 radical (unpaired) electrons. The van der Waals surface area contributed by atoms with E-state index in [1.807, 2.05) is 60.9 Å². The zero-order valence-electron chi connectivity index (χ0n) is 25.2. The summed E-state index contributed by atoms with van der Waals surface area (Å²) in [5.41, 5.74) is 7.42. The first-order chi connectivity index (χ1) is 23.3. The van der Waals surface area contributed by atoms with E-state index in [-0.39, 0.29) is 0 Å². The van der Waals surface area contributed by atoms with Crippen molar-refractivity contribution in [3.05, 3.63) is 152 Å². The maximum absolute atomic E-state index is 5.16. The Balaban J connectivity index is 1.07. The van der Waals surface area contributed by atoms with Crippen LogP contribution in [-0.2, 0) is 0 Å². The van der Waals surface area contributed by atoms with Gasteiger partial charge in [0.05, 0.1) is 39.5 Å². The molecule has 5 heterocycles. The van der Waals surface area contributed by atoms with E-state index in [2.05, 4.69) is 101 Å². The van der Waals surface area contributed by atoms with Gasteiger partial charge in [-0.25, -0.2) is 15.0 Å². The third-order valence-electron chi connectivity index (χ3n) is 9.27. The van der Waals surface area contributed by atoms with Crippen molar-refractivity contribution in [2.24, 2.45) is 0 Å². The highest BCUT2D eigenvalue weighted by Crippen LogP contribution is 2.39. The molecule has 0 spiro atoms. The van der Waals surface area contributed by atoms with Crippen LogP contribution in [-0.4, -0.2) is 24.5 Å². The van der Waals surface area contributed by atoms with Crippen LogP contribution < -0.4 is 0 Å². The van der Waals surface area contributed by atoms with Crippen molar-refractivity contribution in [3.8, 4) is 39.9 Å². The van der Waals surface area contributed by atoms with Crippen LogP contribution in [0.5, 0.6) is 0 Å². The Morgan fingerprint density at radius 2 is 0.979 bits per heavy atom. The van der Waals surface area contributed by atoms with E-state index in [0.29, 0.717) is 0 Å². The fraction of sp³-hybridized carbons (Fsp3) is 0. The van der Waals surface area contributed by atoms with Crippen LogP contribution in [0.3, 0.4) is 0 Å². The lowest BCUT2D eigenvalue weighted by molar-refractivity contribution is 1.07. The van der Waals surface area contributed by atoms with Gasteiger partial charge in [-0.05, 0) is 80.8 Å². The lowest BCUT2D eigenvalue weighted by atomic mass is 9.91. The Kier molecular flexibility index (Phi) is 5.51. The number of hydrogen-bond acceptors (Lipinski definition) is 4. The molecule has 0 saturated heterocycles. The number of para-hydroxylation sites is 1. The molecule has 0 amide bonds. The van der Waals surface area contributed by atoms with Crippen molar-refractivity contribution in [1.29, 1.82) is 0 Å². The summed E-state index contributed by atoms with van der Waals surface area (Å²) in [5.74, 6) is 0.834.